The second-order valence-electron chi connectivity index (χ2n) is 7.25. The molecule has 0 radical (unpaired) electrons. The first-order chi connectivity index (χ1) is 12.1. The number of rotatable bonds is 2. The molecule has 2 aliphatic heterocycles. The number of fused-ring (bicyclic) bond motifs is 1. The monoisotopic (exact) mass is 331 g/mol. The number of hydrogen-bond donors (Lipinski definition) is 0. The number of anilines is 1. The zero-order valence-corrected chi connectivity index (χ0v) is 14.4. The number of benzene rings is 2. The van der Waals surface area contributed by atoms with Gasteiger partial charge in [0.25, 0.3) is 0 Å². The van der Waals surface area contributed by atoms with E-state index in [0.717, 1.165) is 36.2 Å². The summed E-state index contributed by atoms with van der Waals surface area (Å²) in [6.07, 6.45) is 3.81. The van der Waals surface area contributed by atoms with Gasteiger partial charge in [0.05, 0.1) is 5.41 Å². The van der Waals surface area contributed by atoms with Crippen molar-refractivity contribution >= 4 is 11.6 Å². The molecule has 2 heterocycles. The third kappa shape index (κ3) is 2.66. The van der Waals surface area contributed by atoms with Gasteiger partial charge in [0, 0.05) is 25.3 Å². The predicted octanol–water partition coefficient (Wildman–Crippen LogP) is 3.44. The number of hydrogen-bond acceptors (Lipinski definition) is 3. The molecule has 4 heteroatoms. The average Bonchev–Trinajstić information content (AvgIpc) is 3.25. The fourth-order valence-electron chi connectivity index (χ4n) is 3.95. The van der Waals surface area contributed by atoms with Gasteiger partial charge in [-0.05, 0) is 42.5 Å². The first-order valence-corrected chi connectivity index (χ1v) is 8.76. The lowest BCUT2D eigenvalue weighted by atomic mass is 9.88. The van der Waals surface area contributed by atoms with E-state index < -0.39 is 5.41 Å². The van der Waals surface area contributed by atoms with Gasteiger partial charge in [0.2, 0.25) is 5.91 Å². The second-order valence-corrected chi connectivity index (χ2v) is 7.25. The van der Waals surface area contributed by atoms with Crippen LogP contribution in [-0.2, 0) is 11.2 Å². The Kier molecular flexibility index (Phi) is 3.73. The molecule has 1 atom stereocenters. The molecule has 0 aromatic heterocycles. The van der Waals surface area contributed by atoms with Gasteiger partial charge in [0.1, 0.15) is 0 Å². The number of amides is 1. The molecule has 126 valence electrons. The quantitative estimate of drug-likeness (QED) is 0.792. The summed E-state index contributed by atoms with van der Waals surface area (Å²) in [5, 5.41) is 9.12. The Balaban J connectivity index is 1.65. The molecule has 25 heavy (non-hydrogen) atoms. The fraction of sp³-hybridized carbons (Fsp3) is 0.333. The van der Waals surface area contributed by atoms with E-state index in [4.69, 9.17) is 5.26 Å². The molecule has 2 aromatic carbocycles. The first-order valence-electron chi connectivity index (χ1n) is 8.76. The maximum Gasteiger partial charge on any atom is 0.234 e. The summed E-state index contributed by atoms with van der Waals surface area (Å²) >= 11 is 0. The van der Waals surface area contributed by atoms with Crippen LogP contribution in [-0.4, -0.2) is 30.4 Å². The number of carbonyl (C=O) groups excluding carboxylic acids is 1. The van der Waals surface area contributed by atoms with Gasteiger partial charge >= 0.3 is 0 Å². The van der Waals surface area contributed by atoms with Crippen molar-refractivity contribution < 1.29 is 4.79 Å². The van der Waals surface area contributed by atoms with E-state index in [1.54, 1.807) is 4.90 Å². The van der Waals surface area contributed by atoms with Crippen molar-refractivity contribution in [2.45, 2.75) is 19.8 Å². The Hall–Kier alpha value is -2.80. The van der Waals surface area contributed by atoms with Crippen molar-refractivity contribution in [1.82, 2.24) is 4.90 Å². The van der Waals surface area contributed by atoms with Gasteiger partial charge in [-0.2, -0.15) is 5.26 Å². The normalized spacial score (nSPS) is 21.9. The number of nitriles is 1. The topological polar surface area (TPSA) is 47.3 Å². The maximum absolute atomic E-state index is 13.2. The minimum Gasteiger partial charge on any atom is -0.311 e. The third-order valence-electron chi connectivity index (χ3n) is 5.46. The Bertz CT molecular complexity index is 855. The molecule has 1 unspecified atom stereocenters. The summed E-state index contributed by atoms with van der Waals surface area (Å²) in [4.78, 5) is 16.9. The van der Waals surface area contributed by atoms with Gasteiger partial charge in [0.15, 0.2) is 6.19 Å². The molecule has 2 aliphatic rings. The smallest absolute Gasteiger partial charge is 0.234 e. The van der Waals surface area contributed by atoms with Crippen molar-refractivity contribution in [3.63, 3.8) is 0 Å². The van der Waals surface area contributed by atoms with Gasteiger partial charge < -0.3 is 9.80 Å². The summed E-state index contributed by atoms with van der Waals surface area (Å²) < 4.78 is 0. The Morgan fingerprint density at radius 3 is 2.64 bits per heavy atom. The molecule has 4 rings (SSSR count). The van der Waals surface area contributed by atoms with Crippen LogP contribution in [0.4, 0.5) is 5.69 Å². The van der Waals surface area contributed by atoms with Crippen molar-refractivity contribution in [1.29, 1.82) is 5.26 Å². The Morgan fingerprint density at radius 2 is 1.92 bits per heavy atom. The van der Waals surface area contributed by atoms with Crippen LogP contribution in [0.3, 0.4) is 0 Å². The molecular formula is C21H21N3O. The molecule has 1 saturated heterocycles. The van der Waals surface area contributed by atoms with E-state index in [1.165, 1.54) is 5.56 Å². The lowest BCUT2D eigenvalue weighted by Crippen LogP contribution is -2.43. The number of carbonyl (C=O) groups is 1. The van der Waals surface area contributed by atoms with Crippen molar-refractivity contribution in [2.24, 2.45) is 5.41 Å². The van der Waals surface area contributed by atoms with Crippen molar-refractivity contribution in [3.8, 4) is 17.3 Å². The summed E-state index contributed by atoms with van der Waals surface area (Å²) in [6, 6.07) is 16.7. The van der Waals surface area contributed by atoms with Crippen LogP contribution < -0.4 is 4.90 Å². The van der Waals surface area contributed by atoms with E-state index in [-0.39, 0.29) is 5.91 Å². The van der Waals surface area contributed by atoms with Crippen LogP contribution in [0.2, 0.25) is 0 Å². The molecule has 1 amide bonds. The average molecular weight is 331 g/mol. The van der Waals surface area contributed by atoms with Gasteiger partial charge in [-0.1, -0.05) is 42.5 Å². The lowest BCUT2D eigenvalue weighted by molar-refractivity contribution is -0.126. The second kappa shape index (κ2) is 5.93. The summed E-state index contributed by atoms with van der Waals surface area (Å²) in [5.41, 5.74) is 4.08. The van der Waals surface area contributed by atoms with Crippen LogP contribution in [0, 0.1) is 16.9 Å². The highest BCUT2D eigenvalue weighted by atomic mass is 16.2. The van der Waals surface area contributed by atoms with Gasteiger partial charge in [-0.3, -0.25) is 4.79 Å². The highest BCUT2D eigenvalue weighted by Gasteiger charge is 2.44. The molecular weight excluding hydrogens is 310 g/mol. The zero-order chi connectivity index (χ0) is 17.4. The highest BCUT2D eigenvalue weighted by molar-refractivity contribution is 6.00. The number of likely N-dealkylation sites (tertiary alicyclic amines) is 1. The molecule has 2 aromatic rings. The zero-order valence-electron chi connectivity index (χ0n) is 14.4. The molecule has 4 nitrogen and oxygen atoms in total. The third-order valence-corrected chi connectivity index (χ3v) is 5.46. The Labute approximate surface area is 148 Å². The van der Waals surface area contributed by atoms with Crippen molar-refractivity contribution in [3.05, 3.63) is 54.1 Å². The van der Waals surface area contributed by atoms with Crippen LogP contribution in [0.5, 0.6) is 0 Å². The summed E-state index contributed by atoms with van der Waals surface area (Å²) in [5.74, 6) is 0.147. The lowest BCUT2D eigenvalue weighted by Gasteiger charge is -2.29. The van der Waals surface area contributed by atoms with E-state index in [0.29, 0.717) is 13.1 Å². The van der Waals surface area contributed by atoms with E-state index in [1.807, 2.05) is 30.0 Å². The van der Waals surface area contributed by atoms with Crippen LogP contribution in [0.15, 0.2) is 48.5 Å². The van der Waals surface area contributed by atoms with Crippen LogP contribution in [0.25, 0.3) is 11.1 Å². The molecule has 1 fully saturated rings. The molecule has 0 spiro atoms. The molecule has 0 N–H and O–H groups in total. The van der Waals surface area contributed by atoms with Gasteiger partial charge in [-0.15, -0.1) is 0 Å². The predicted molar refractivity (Wildman–Crippen MR) is 97.8 cm³/mol. The minimum absolute atomic E-state index is 0.147. The maximum atomic E-state index is 13.2. The van der Waals surface area contributed by atoms with Crippen LogP contribution in [0.1, 0.15) is 18.9 Å². The SMILES string of the molecule is CC1(C(=O)N2CCc3ccc(-c4ccccc4)cc32)CCN(C#N)C1. The van der Waals surface area contributed by atoms with E-state index in [9.17, 15) is 4.79 Å². The first kappa shape index (κ1) is 15.7. The number of nitrogens with zero attached hydrogens (tertiary/aromatic N) is 3. The summed E-state index contributed by atoms with van der Waals surface area (Å²) in [7, 11) is 0. The van der Waals surface area contributed by atoms with Crippen molar-refractivity contribution in [2.75, 3.05) is 24.5 Å². The standard InChI is InChI=1S/C21H21N3O/c1-21(10-12-23(14-21)15-22)20(25)24-11-9-17-7-8-18(13-19(17)24)16-5-3-2-4-6-16/h2-8,13H,9-12,14H2,1H3. The van der Waals surface area contributed by atoms with E-state index >= 15 is 0 Å². The minimum atomic E-state index is -0.472. The van der Waals surface area contributed by atoms with Crippen LogP contribution >= 0.6 is 0 Å². The van der Waals surface area contributed by atoms with Gasteiger partial charge in [-0.25, -0.2) is 0 Å². The molecule has 0 bridgehead atoms. The molecule has 0 aliphatic carbocycles. The largest absolute Gasteiger partial charge is 0.311 e. The van der Waals surface area contributed by atoms with E-state index in [2.05, 4.69) is 36.5 Å². The summed E-state index contributed by atoms with van der Waals surface area (Å²) in [6.45, 7) is 3.91. The highest BCUT2D eigenvalue weighted by Crippen LogP contribution is 2.38. The Morgan fingerprint density at radius 1 is 1.12 bits per heavy atom. The molecule has 0 saturated carbocycles. The fourth-order valence-corrected chi connectivity index (χ4v) is 3.95.